The summed E-state index contributed by atoms with van der Waals surface area (Å²) >= 11 is 0. The number of amides is 1. The second-order valence-electron chi connectivity index (χ2n) is 3.58. The molecule has 1 aromatic heterocycles. The van der Waals surface area contributed by atoms with Gasteiger partial charge in [0.1, 0.15) is 11.4 Å². The van der Waals surface area contributed by atoms with Gasteiger partial charge in [0.05, 0.1) is 17.7 Å². The maximum Gasteiger partial charge on any atom is 0.282 e. The molecule has 1 amide bonds. The zero-order chi connectivity index (χ0) is 13.8. The molecule has 2 rings (SSSR count). The number of hydrogen-bond donors (Lipinski definition) is 1. The molecule has 1 heterocycles. The van der Waals surface area contributed by atoms with Gasteiger partial charge in [-0.15, -0.1) is 0 Å². The number of aromatic nitrogens is 1. The molecule has 19 heavy (non-hydrogen) atoms. The second kappa shape index (κ2) is 5.25. The van der Waals surface area contributed by atoms with Crippen molar-refractivity contribution in [2.75, 3.05) is 0 Å². The van der Waals surface area contributed by atoms with Gasteiger partial charge in [-0.25, -0.2) is 4.39 Å². The first-order valence-corrected chi connectivity index (χ1v) is 5.19. The number of halogens is 1. The molecule has 1 N–H and O–H groups in total. The summed E-state index contributed by atoms with van der Waals surface area (Å²) in [6.45, 7) is 0.00645. The van der Waals surface area contributed by atoms with Gasteiger partial charge in [0.25, 0.3) is 11.6 Å². The summed E-state index contributed by atoms with van der Waals surface area (Å²) in [5, 5.41) is 16.6. The van der Waals surface area contributed by atoms with E-state index in [1.54, 1.807) is 0 Å². The summed E-state index contributed by atoms with van der Waals surface area (Å²) < 4.78 is 17.8. The average molecular weight is 265 g/mol. The Kier molecular flexibility index (Phi) is 3.51. The predicted molar refractivity (Wildman–Crippen MR) is 60.7 cm³/mol. The smallest absolute Gasteiger partial charge is 0.282 e. The first kappa shape index (κ1) is 12.7. The zero-order valence-electron chi connectivity index (χ0n) is 9.50. The average Bonchev–Trinajstić information content (AvgIpc) is 2.88. The molecule has 2 aromatic rings. The second-order valence-corrected chi connectivity index (χ2v) is 3.58. The Balaban J connectivity index is 2.18. The summed E-state index contributed by atoms with van der Waals surface area (Å²) in [5.41, 5.74) is -0.805. The molecule has 0 radical (unpaired) electrons. The highest BCUT2D eigenvalue weighted by Crippen LogP contribution is 2.19. The number of carbonyl (C=O) groups excluding carboxylic acids is 1. The maximum atomic E-state index is 13.1. The van der Waals surface area contributed by atoms with Crippen LogP contribution in [-0.4, -0.2) is 16.0 Å². The lowest BCUT2D eigenvalue weighted by molar-refractivity contribution is -0.385. The summed E-state index contributed by atoms with van der Waals surface area (Å²) in [5.74, 6) is -1.11. The van der Waals surface area contributed by atoms with Crippen molar-refractivity contribution in [3.63, 3.8) is 0 Å². The zero-order valence-corrected chi connectivity index (χ0v) is 9.50. The van der Waals surface area contributed by atoms with Crippen LogP contribution in [0.3, 0.4) is 0 Å². The van der Waals surface area contributed by atoms with Crippen molar-refractivity contribution in [1.29, 1.82) is 0 Å². The SMILES string of the molecule is O=C(NCc1ccno1)c1cc(F)ccc1[N+](=O)[O-]. The topological polar surface area (TPSA) is 98.3 Å². The highest BCUT2D eigenvalue weighted by molar-refractivity contribution is 5.98. The van der Waals surface area contributed by atoms with Crippen LogP contribution in [0.2, 0.25) is 0 Å². The third-order valence-corrected chi connectivity index (χ3v) is 2.31. The summed E-state index contributed by atoms with van der Waals surface area (Å²) in [7, 11) is 0. The molecule has 0 bridgehead atoms. The van der Waals surface area contributed by atoms with Crippen molar-refractivity contribution in [2.45, 2.75) is 6.54 Å². The van der Waals surface area contributed by atoms with E-state index in [1.807, 2.05) is 0 Å². The standard InChI is InChI=1S/C11H8FN3O4/c12-7-1-2-10(15(17)18)9(5-7)11(16)13-6-8-3-4-14-19-8/h1-5H,6H2,(H,13,16). The van der Waals surface area contributed by atoms with Crippen molar-refractivity contribution in [1.82, 2.24) is 10.5 Å². The van der Waals surface area contributed by atoms with Crippen LogP contribution in [0, 0.1) is 15.9 Å². The van der Waals surface area contributed by atoms with Crippen LogP contribution in [0.1, 0.15) is 16.1 Å². The molecule has 0 unspecified atom stereocenters. The molecule has 8 heteroatoms. The highest BCUT2D eigenvalue weighted by Gasteiger charge is 2.20. The third kappa shape index (κ3) is 2.92. The van der Waals surface area contributed by atoms with Gasteiger partial charge in [0, 0.05) is 12.1 Å². The van der Waals surface area contributed by atoms with Crippen LogP contribution in [0.25, 0.3) is 0 Å². The summed E-state index contributed by atoms with van der Waals surface area (Å²) in [6.07, 6.45) is 1.39. The van der Waals surface area contributed by atoms with Crippen molar-refractivity contribution in [3.05, 3.63) is 57.7 Å². The molecule has 0 saturated carbocycles. The monoisotopic (exact) mass is 265 g/mol. The minimum absolute atomic E-state index is 0.00645. The number of nitrogens with zero attached hydrogens (tertiary/aromatic N) is 2. The van der Waals surface area contributed by atoms with Gasteiger partial charge < -0.3 is 9.84 Å². The van der Waals surface area contributed by atoms with Crippen LogP contribution in [0.4, 0.5) is 10.1 Å². The Morgan fingerprint density at radius 2 is 2.26 bits per heavy atom. The Bertz CT molecular complexity index is 612. The molecule has 0 atom stereocenters. The fourth-order valence-electron chi connectivity index (χ4n) is 1.45. The van der Waals surface area contributed by atoms with Gasteiger partial charge in [-0.3, -0.25) is 14.9 Å². The number of rotatable bonds is 4. The molecule has 7 nitrogen and oxygen atoms in total. The molecule has 0 aliphatic carbocycles. The molecular weight excluding hydrogens is 257 g/mol. The normalized spacial score (nSPS) is 10.2. The maximum absolute atomic E-state index is 13.1. The van der Waals surface area contributed by atoms with Crippen molar-refractivity contribution in [2.24, 2.45) is 0 Å². The van der Waals surface area contributed by atoms with E-state index in [1.165, 1.54) is 12.3 Å². The van der Waals surface area contributed by atoms with Crippen molar-refractivity contribution >= 4 is 11.6 Å². The summed E-state index contributed by atoms with van der Waals surface area (Å²) in [4.78, 5) is 21.8. The fourth-order valence-corrected chi connectivity index (χ4v) is 1.45. The molecule has 0 saturated heterocycles. The Hall–Kier alpha value is -2.77. The molecule has 0 aliphatic rings. The number of carbonyl (C=O) groups is 1. The van der Waals surface area contributed by atoms with Gasteiger partial charge in [-0.05, 0) is 12.1 Å². The first-order chi connectivity index (χ1) is 9.08. The van der Waals surface area contributed by atoms with E-state index in [0.29, 0.717) is 5.76 Å². The van der Waals surface area contributed by atoms with E-state index in [4.69, 9.17) is 4.52 Å². The Morgan fingerprint density at radius 3 is 2.89 bits per heavy atom. The molecule has 0 aliphatic heterocycles. The molecule has 1 aromatic carbocycles. The van der Waals surface area contributed by atoms with Gasteiger partial charge >= 0.3 is 0 Å². The van der Waals surface area contributed by atoms with E-state index in [-0.39, 0.29) is 12.1 Å². The first-order valence-electron chi connectivity index (χ1n) is 5.19. The van der Waals surface area contributed by atoms with Crippen LogP contribution in [0.15, 0.2) is 35.0 Å². The Morgan fingerprint density at radius 1 is 1.47 bits per heavy atom. The van der Waals surface area contributed by atoms with Crippen LogP contribution in [-0.2, 0) is 6.54 Å². The van der Waals surface area contributed by atoms with E-state index in [0.717, 1.165) is 18.2 Å². The third-order valence-electron chi connectivity index (χ3n) is 2.31. The fraction of sp³-hybridized carbons (Fsp3) is 0.0909. The largest absolute Gasteiger partial charge is 0.360 e. The quantitative estimate of drug-likeness (QED) is 0.669. The minimum Gasteiger partial charge on any atom is -0.360 e. The Labute approximate surface area is 106 Å². The van der Waals surface area contributed by atoms with E-state index in [9.17, 15) is 19.3 Å². The molecule has 0 spiro atoms. The van der Waals surface area contributed by atoms with E-state index < -0.39 is 22.3 Å². The highest BCUT2D eigenvalue weighted by atomic mass is 19.1. The van der Waals surface area contributed by atoms with Gasteiger partial charge in [0.15, 0.2) is 5.76 Å². The van der Waals surface area contributed by atoms with Crippen molar-refractivity contribution < 1.29 is 18.6 Å². The van der Waals surface area contributed by atoms with Gasteiger partial charge in [-0.1, -0.05) is 5.16 Å². The molecular formula is C11H8FN3O4. The van der Waals surface area contributed by atoms with Crippen LogP contribution >= 0.6 is 0 Å². The minimum atomic E-state index is -0.761. The number of benzene rings is 1. The van der Waals surface area contributed by atoms with Gasteiger partial charge in [-0.2, -0.15) is 0 Å². The molecule has 98 valence electrons. The predicted octanol–water partition coefficient (Wildman–Crippen LogP) is 1.65. The lowest BCUT2D eigenvalue weighted by Gasteiger charge is -2.04. The van der Waals surface area contributed by atoms with Crippen LogP contribution in [0.5, 0.6) is 0 Å². The lowest BCUT2D eigenvalue weighted by Crippen LogP contribution is -2.23. The number of hydrogen-bond acceptors (Lipinski definition) is 5. The van der Waals surface area contributed by atoms with E-state index >= 15 is 0 Å². The van der Waals surface area contributed by atoms with Crippen molar-refractivity contribution in [3.8, 4) is 0 Å². The molecule has 0 fully saturated rings. The number of nitro benzene ring substituents is 1. The number of nitro groups is 1. The van der Waals surface area contributed by atoms with Crippen LogP contribution < -0.4 is 5.32 Å². The van der Waals surface area contributed by atoms with E-state index in [2.05, 4.69) is 10.5 Å². The lowest BCUT2D eigenvalue weighted by atomic mass is 10.1. The number of nitrogens with one attached hydrogen (secondary N) is 1. The van der Waals surface area contributed by atoms with Gasteiger partial charge in [0.2, 0.25) is 0 Å². The summed E-state index contributed by atoms with van der Waals surface area (Å²) in [6, 6.07) is 4.21.